The number of ether oxygens (including phenoxy) is 3. The first-order valence-corrected chi connectivity index (χ1v) is 8.21. The van der Waals surface area contributed by atoms with E-state index >= 15 is 0 Å². The summed E-state index contributed by atoms with van der Waals surface area (Å²) in [6.07, 6.45) is -0.609. The topological polar surface area (TPSA) is 69.7 Å². The average Bonchev–Trinajstić information content (AvgIpc) is 2.96. The third-order valence-electron chi connectivity index (χ3n) is 4.42. The van der Waals surface area contributed by atoms with Crippen LogP contribution in [-0.4, -0.2) is 25.2 Å². The van der Waals surface area contributed by atoms with Gasteiger partial charge in [-0.25, -0.2) is 4.79 Å². The van der Waals surface area contributed by atoms with Gasteiger partial charge in [-0.05, 0) is 31.2 Å². The molecule has 1 aliphatic rings. The number of esters is 1. The number of hydrogen-bond donors (Lipinski definition) is 1. The van der Waals surface area contributed by atoms with Crippen molar-refractivity contribution in [2.75, 3.05) is 19.5 Å². The van der Waals surface area contributed by atoms with Crippen molar-refractivity contribution in [2.24, 2.45) is 0 Å². The molecule has 3 aromatic rings. The molecule has 1 aromatic heterocycles. The van der Waals surface area contributed by atoms with E-state index in [0.717, 1.165) is 22.3 Å². The highest BCUT2D eigenvalue weighted by atomic mass is 16.6. The van der Waals surface area contributed by atoms with Crippen molar-refractivity contribution in [3.63, 3.8) is 0 Å². The zero-order valence-electron chi connectivity index (χ0n) is 14.7. The summed E-state index contributed by atoms with van der Waals surface area (Å²) < 4.78 is 16.2. The van der Waals surface area contributed by atoms with Crippen LogP contribution >= 0.6 is 0 Å². The second kappa shape index (κ2) is 6.22. The molecule has 6 nitrogen and oxygen atoms in total. The quantitative estimate of drug-likeness (QED) is 0.721. The molecule has 0 saturated heterocycles. The molecule has 0 spiro atoms. The molecule has 1 unspecified atom stereocenters. The van der Waals surface area contributed by atoms with Gasteiger partial charge in [-0.2, -0.15) is 0 Å². The maximum absolute atomic E-state index is 12.4. The Bertz CT molecular complexity index is 1020. The second-order valence-electron chi connectivity index (χ2n) is 6.02. The summed E-state index contributed by atoms with van der Waals surface area (Å²) in [4.78, 5) is 17.0. The fourth-order valence-electron chi connectivity index (χ4n) is 3.28. The lowest BCUT2D eigenvalue weighted by atomic mass is 10.1. The van der Waals surface area contributed by atoms with Crippen LogP contribution < -0.4 is 14.8 Å². The van der Waals surface area contributed by atoms with Crippen LogP contribution in [0.4, 0.5) is 5.69 Å². The molecule has 0 saturated carbocycles. The highest BCUT2D eigenvalue weighted by Gasteiger charge is 2.36. The van der Waals surface area contributed by atoms with E-state index in [9.17, 15) is 4.79 Å². The van der Waals surface area contributed by atoms with Crippen molar-refractivity contribution in [1.82, 2.24) is 4.98 Å². The fourth-order valence-corrected chi connectivity index (χ4v) is 3.28. The van der Waals surface area contributed by atoms with Crippen LogP contribution in [0.3, 0.4) is 0 Å². The summed E-state index contributed by atoms with van der Waals surface area (Å²) >= 11 is 0. The first-order valence-electron chi connectivity index (χ1n) is 8.21. The maximum atomic E-state index is 12.4. The van der Waals surface area contributed by atoms with E-state index in [1.54, 1.807) is 6.07 Å². The number of para-hydroxylation sites is 1. The maximum Gasteiger partial charge on any atom is 0.344 e. The lowest BCUT2D eigenvalue weighted by Crippen LogP contribution is -2.11. The van der Waals surface area contributed by atoms with Gasteiger partial charge in [0.05, 0.1) is 19.7 Å². The standard InChI is InChI=1S/C20H18N2O4/c1-11-10-15(12-6-4-5-7-14(12)21-11)22-19-13-8-9-16(24-2)18(25-3)17(13)20(23)26-19/h4-10,19H,1-3H3,(H,21,22). The summed E-state index contributed by atoms with van der Waals surface area (Å²) in [6, 6.07) is 13.4. The molecule has 0 bridgehead atoms. The van der Waals surface area contributed by atoms with Crippen molar-refractivity contribution >= 4 is 22.6 Å². The molecule has 1 aliphatic heterocycles. The average molecular weight is 350 g/mol. The molecule has 0 amide bonds. The van der Waals surface area contributed by atoms with Crippen LogP contribution in [-0.2, 0) is 4.74 Å². The number of anilines is 1. The van der Waals surface area contributed by atoms with Gasteiger partial charge >= 0.3 is 5.97 Å². The van der Waals surface area contributed by atoms with Gasteiger partial charge in [0.15, 0.2) is 11.5 Å². The Morgan fingerprint density at radius 2 is 1.92 bits per heavy atom. The number of nitrogens with zero attached hydrogens (tertiary/aromatic N) is 1. The van der Waals surface area contributed by atoms with Gasteiger partial charge in [-0.3, -0.25) is 4.98 Å². The van der Waals surface area contributed by atoms with Crippen LogP contribution in [0.15, 0.2) is 42.5 Å². The van der Waals surface area contributed by atoms with Gasteiger partial charge in [0, 0.05) is 22.3 Å². The first-order chi connectivity index (χ1) is 12.6. The van der Waals surface area contributed by atoms with Gasteiger partial charge < -0.3 is 19.5 Å². The Hall–Kier alpha value is -3.28. The zero-order valence-corrected chi connectivity index (χ0v) is 14.7. The van der Waals surface area contributed by atoms with E-state index in [0.29, 0.717) is 22.6 Å². The summed E-state index contributed by atoms with van der Waals surface area (Å²) in [5.41, 5.74) is 3.72. The predicted octanol–water partition coefficient (Wildman–Crippen LogP) is 3.84. The number of methoxy groups -OCH3 is 2. The van der Waals surface area contributed by atoms with Crippen LogP contribution in [0.1, 0.15) is 27.8 Å². The van der Waals surface area contributed by atoms with E-state index < -0.39 is 12.2 Å². The molecule has 26 heavy (non-hydrogen) atoms. The van der Waals surface area contributed by atoms with Gasteiger partial charge in [0.25, 0.3) is 0 Å². The van der Waals surface area contributed by atoms with Crippen LogP contribution in [0.5, 0.6) is 11.5 Å². The van der Waals surface area contributed by atoms with Crippen molar-refractivity contribution in [3.05, 3.63) is 59.3 Å². The molecule has 0 radical (unpaired) electrons. The monoisotopic (exact) mass is 350 g/mol. The molecule has 2 aromatic carbocycles. The molecule has 0 aliphatic carbocycles. The number of rotatable bonds is 4. The number of benzene rings is 2. The first kappa shape index (κ1) is 16.2. The Labute approximate surface area is 150 Å². The minimum Gasteiger partial charge on any atom is -0.493 e. The van der Waals surface area contributed by atoms with Gasteiger partial charge in [-0.1, -0.05) is 18.2 Å². The Kier molecular flexibility index (Phi) is 3.88. The molecule has 132 valence electrons. The van der Waals surface area contributed by atoms with Gasteiger partial charge in [-0.15, -0.1) is 0 Å². The molecule has 2 heterocycles. The second-order valence-corrected chi connectivity index (χ2v) is 6.02. The third-order valence-corrected chi connectivity index (χ3v) is 4.42. The molecule has 1 N–H and O–H groups in total. The van der Waals surface area contributed by atoms with Crippen molar-refractivity contribution < 1.29 is 19.0 Å². The van der Waals surface area contributed by atoms with Crippen LogP contribution in [0, 0.1) is 6.92 Å². The lowest BCUT2D eigenvalue weighted by Gasteiger charge is -2.17. The minimum absolute atomic E-state index is 0.384. The van der Waals surface area contributed by atoms with Gasteiger partial charge in [0.1, 0.15) is 5.56 Å². The summed E-state index contributed by atoms with van der Waals surface area (Å²) in [7, 11) is 3.04. The number of hydrogen-bond acceptors (Lipinski definition) is 6. The smallest absolute Gasteiger partial charge is 0.344 e. The third kappa shape index (κ3) is 2.50. The zero-order chi connectivity index (χ0) is 18.3. The number of nitrogens with one attached hydrogen (secondary N) is 1. The van der Waals surface area contributed by atoms with E-state index in [2.05, 4.69) is 10.3 Å². The normalized spacial score (nSPS) is 15.5. The molecular weight excluding hydrogens is 332 g/mol. The molecule has 1 atom stereocenters. The van der Waals surface area contributed by atoms with Gasteiger partial charge in [0.2, 0.25) is 6.23 Å². The fraction of sp³-hybridized carbons (Fsp3) is 0.200. The highest BCUT2D eigenvalue weighted by molar-refractivity contribution is 5.99. The van der Waals surface area contributed by atoms with E-state index in [-0.39, 0.29) is 0 Å². The number of aromatic nitrogens is 1. The van der Waals surface area contributed by atoms with E-state index in [4.69, 9.17) is 14.2 Å². The van der Waals surface area contributed by atoms with Crippen LogP contribution in [0.25, 0.3) is 10.9 Å². The summed E-state index contributed by atoms with van der Waals surface area (Å²) in [6.45, 7) is 1.93. The van der Waals surface area contributed by atoms with Crippen molar-refractivity contribution in [1.29, 1.82) is 0 Å². The number of cyclic esters (lactones) is 1. The molecule has 6 heteroatoms. The largest absolute Gasteiger partial charge is 0.493 e. The predicted molar refractivity (Wildman–Crippen MR) is 97.8 cm³/mol. The van der Waals surface area contributed by atoms with E-state index in [1.165, 1.54) is 14.2 Å². The number of fused-ring (bicyclic) bond motifs is 2. The molecular formula is C20H18N2O4. The number of carbonyl (C=O) groups excluding carboxylic acids is 1. The SMILES string of the molecule is COc1ccc2c(c1OC)C(=O)OC2Nc1cc(C)nc2ccccc12. The Balaban J connectivity index is 1.78. The van der Waals surface area contributed by atoms with Crippen molar-refractivity contribution in [3.8, 4) is 11.5 Å². The summed E-state index contributed by atoms with van der Waals surface area (Å²) in [5, 5.41) is 4.28. The van der Waals surface area contributed by atoms with Crippen LogP contribution in [0.2, 0.25) is 0 Å². The lowest BCUT2D eigenvalue weighted by molar-refractivity contribution is 0.0435. The molecule has 0 fully saturated rings. The Morgan fingerprint density at radius 3 is 2.69 bits per heavy atom. The number of aryl methyl sites for hydroxylation is 1. The minimum atomic E-state index is -0.609. The Morgan fingerprint density at radius 1 is 1.12 bits per heavy atom. The molecule has 4 rings (SSSR count). The highest BCUT2D eigenvalue weighted by Crippen LogP contribution is 2.42. The summed E-state index contributed by atoms with van der Waals surface area (Å²) in [5.74, 6) is 0.437. The van der Waals surface area contributed by atoms with Crippen molar-refractivity contribution in [2.45, 2.75) is 13.2 Å². The van der Waals surface area contributed by atoms with E-state index in [1.807, 2.05) is 43.3 Å². The number of pyridine rings is 1. The number of carbonyl (C=O) groups is 1.